The Bertz CT molecular complexity index is 693. The number of hydrogen-bond acceptors (Lipinski definition) is 4. The van der Waals surface area contributed by atoms with Gasteiger partial charge in [-0.3, -0.25) is 9.59 Å². The molecule has 0 aliphatic heterocycles. The van der Waals surface area contributed by atoms with Crippen molar-refractivity contribution in [2.24, 2.45) is 0 Å². The number of carbonyl (C=O) groups excluding carboxylic acids is 3. The minimum atomic E-state index is -0.996. The lowest BCUT2D eigenvalue weighted by molar-refractivity contribution is -0.145. The standard InChI is InChI=1S/C22H31FN2O4/c1-4-5-6-7-8-9-14-19(22(28)29-3)25-21(27)20(24-16(2)26)15-17-12-10-11-13-18(17)23/h4,10-13,19-20H,1,5-9,14-15H2,2-3H3,(H,24,26)(H,25,27)/t19-,20+/m1/s1. The van der Waals surface area contributed by atoms with Crippen LogP contribution in [0.4, 0.5) is 4.39 Å². The lowest BCUT2D eigenvalue weighted by Gasteiger charge is -2.22. The minimum absolute atomic E-state index is 0.0203. The molecule has 0 heterocycles. The Kier molecular flexibility index (Phi) is 11.3. The van der Waals surface area contributed by atoms with Gasteiger partial charge in [0, 0.05) is 13.3 Å². The summed E-state index contributed by atoms with van der Waals surface area (Å²) in [6.07, 6.45) is 6.94. The molecule has 0 radical (unpaired) electrons. The number of rotatable bonds is 13. The van der Waals surface area contributed by atoms with Gasteiger partial charge in [0.1, 0.15) is 17.9 Å². The Balaban J connectivity index is 2.75. The zero-order valence-electron chi connectivity index (χ0n) is 17.2. The van der Waals surface area contributed by atoms with Crippen molar-refractivity contribution in [3.63, 3.8) is 0 Å². The molecule has 0 spiro atoms. The summed E-state index contributed by atoms with van der Waals surface area (Å²) in [6.45, 7) is 4.96. The summed E-state index contributed by atoms with van der Waals surface area (Å²) in [7, 11) is 1.26. The maximum absolute atomic E-state index is 14.0. The molecule has 1 rings (SSSR count). The SMILES string of the molecule is C=CCCCCCC[C@@H](NC(=O)[C@H](Cc1ccccc1F)NC(C)=O)C(=O)OC. The summed E-state index contributed by atoms with van der Waals surface area (Å²) < 4.78 is 18.8. The van der Waals surface area contributed by atoms with E-state index in [1.807, 2.05) is 6.08 Å². The van der Waals surface area contributed by atoms with Crippen LogP contribution in [0.1, 0.15) is 51.0 Å². The highest BCUT2D eigenvalue weighted by atomic mass is 19.1. The van der Waals surface area contributed by atoms with Crippen LogP contribution in [0.3, 0.4) is 0 Å². The summed E-state index contributed by atoms with van der Waals surface area (Å²) >= 11 is 0. The van der Waals surface area contributed by atoms with Gasteiger partial charge >= 0.3 is 5.97 Å². The highest BCUT2D eigenvalue weighted by molar-refractivity contribution is 5.90. The smallest absolute Gasteiger partial charge is 0.328 e. The average molecular weight is 406 g/mol. The van der Waals surface area contributed by atoms with Gasteiger partial charge in [0.15, 0.2) is 0 Å². The van der Waals surface area contributed by atoms with Gasteiger partial charge in [-0.15, -0.1) is 6.58 Å². The van der Waals surface area contributed by atoms with E-state index in [0.717, 1.165) is 32.1 Å². The molecule has 0 saturated heterocycles. The summed E-state index contributed by atoms with van der Waals surface area (Å²) in [5, 5.41) is 5.18. The normalized spacial score (nSPS) is 12.5. The van der Waals surface area contributed by atoms with Crippen LogP contribution >= 0.6 is 0 Å². The van der Waals surface area contributed by atoms with Crippen LogP contribution in [-0.2, 0) is 25.5 Å². The maximum Gasteiger partial charge on any atom is 0.328 e. The van der Waals surface area contributed by atoms with Gasteiger partial charge in [0.05, 0.1) is 7.11 Å². The van der Waals surface area contributed by atoms with Crippen molar-refractivity contribution >= 4 is 17.8 Å². The first-order valence-electron chi connectivity index (χ1n) is 9.88. The van der Waals surface area contributed by atoms with Gasteiger partial charge in [0.2, 0.25) is 11.8 Å². The highest BCUT2D eigenvalue weighted by Crippen LogP contribution is 2.12. The number of benzene rings is 1. The van der Waals surface area contributed by atoms with E-state index in [9.17, 15) is 18.8 Å². The summed E-state index contributed by atoms with van der Waals surface area (Å²) in [5.74, 6) is -1.97. The topological polar surface area (TPSA) is 84.5 Å². The highest BCUT2D eigenvalue weighted by Gasteiger charge is 2.27. The van der Waals surface area contributed by atoms with E-state index in [1.54, 1.807) is 18.2 Å². The van der Waals surface area contributed by atoms with Crippen molar-refractivity contribution in [1.82, 2.24) is 10.6 Å². The van der Waals surface area contributed by atoms with Gasteiger partial charge in [-0.1, -0.05) is 43.5 Å². The largest absolute Gasteiger partial charge is 0.467 e. The van der Waals surface area contributed by atoms with Gasteiger partial charge in [0.25, 0.3) is 0 Å². The third kappa shape index (κ3) is 9.36. The number of nitrogens with one attached hydrogen (secondary N) is 2. The molecule has 1 aromatic carbocycles. The van der Waals surface area contributed by atoms with E-state index in [1.165, 1.54) is 20.1 Å². The Hall–Kier alpha value is -2.70. The van der Waals surface area contributed by atoms with Crippen LogP contribution in [0, 0.1) is 5.82 Å². The molecule has 0 aliphatic carbocycles. The lowest BCUT2D eigenvalue weighted by Crippen LogP contribution is -2.52. The Morgan fingerprint density at radius 1 is 1.10 bits per heavy atom. The van der Waals surface area contributed by atoms with Crippen molar-refractivity contribution in [3.8, 4) is 0 Å². The Morgan fingerprint density at radius 3 is 2.41 bits per heavy atom. The van der Waals surface area contributed by atoms with Crippen LogP contribution in [0.25, 0.3) is 0 Å². The fourth-order valence-electron chi connectivity index (χ4n) is 2.99. The molecular formula is C22H31FN2O4. The van der Waals surface area contributed by atoms with Crippen LogP contribution in [0.15, 0.2) is 36.9 Å². The molecule has 1 aromatic rings. The van der Waals surface area contributed by atoms with E-state index < -0.39 is 35.7 Å². The van der Waals surface area contributed by atoms with Crippen molar-refractivity contribution in [2.45, 2.75) is 64.0 Å². The second-order valence-electron chi connectivity index (χ2n) is 6.91. The van der Waals surface area contributed by atoms with Crippen molar-refractivity contribution in [1.29, 1.82) is 0 Å². The average Bonchev–Trinajstić information content (AvgIpc) is 2.69. The van der Waals surface area contributed by atoms with Crippen LogP contribution in [0.5, 0.6) is 0 Å². The number of unbranched alkanes of at least 4 members (excludes halogenated alkanes) is 4. The molecule has 160 valence electrons. The zero-order chi connectivity index (χ0) is 21.6. The molecule has 2 N–H and O–H groups in total. The second kappa shape index (κ2) is 13.5. The van der Waals surface area contributed by atoms with E-state index in [-0.39, 0.29) is 6.42 Å². The zero-order valence-corrected chi connectivity index (χ0v) is 17.2. The number of carbonyl (C=O) groups is 3. The van der Waals surface area contributed by atoms with Gasteiger partial charge in [-0.2, -0.15) is 0 Å². The summed E-state index contributed by atoms with van der Waals surface area (Å²) in [6, 6.07) is 4.24. The molecule has 0 bridgehead atoms. The third-order valence-corrected chi connectivity index (χ3v) is 4.53. The van der Waals surface area contributed by atoms with E-state index in [0.29, 0.717) is 12.0 Å². The first-order chi connectivity index (χ1) is 13.9. The summed E-state index contributed by atoms with van der Waals surface area (Å²) in [4.78, 5) is 36.3. The fourth-order valence-corrected chi connectivity index (χ4v) is 2.99. The van der Waals surface area contributed by atoms with Gasteiger partial charge in [-0.05, 0) is 30.9 Å². The molecule has 2 atom stereocenters. The number of amides is 2. The van der Waals surface area contributed by atoms with E-state index in [4.69, 9.17) is 4.74 Å². The van der Waals surface area contributed by atoms with Crippen molar-refractivity contribution in [3.05, 3.63) is 48.3 Å². The van der Waals surface area contributed by atoms with E-state index in [2.05, 4.69) is 17.2 Å². The van der Waals surface area contributed by atoms with Gasteiger partial charge < -0.3 is 15.4 Å². The molecule has 0 unspecified atom stereocenters. The van der Waals surface area contributed by atoms with Crippen molar-refractivity contribution in [2.75, 3.05) is 7.11 Å². The molecule has 0 fully saturated rings. The molecule has 0 saturated carbocycles. The maximum atomic E-state index is 14.0. The lowest BCUT2D eigenvalue weighted by atomic mass is 10.0. The molecular weight excluding hydrogens is 375 g/mol. The Morgan fingerprint density at radius 2 is 1.79 bits per heavy atom. The predicted molar refractivity (Wildman–Crippen MR) is 110 cm³/mol. The monoisotopic (exact) mass is 406 g/mol. The fraction of sp³-hybridized carbons (Fsp3) is 0.500. The number of esters is 1. The number of ether oxygens (including phenoxy) is 1. The molecule has 6 nitrogen and oxygen atoms in total. The molecule has 7 heteroatoms. The van der Waals surface area contributed by atoms with Crippen LogP contribution in [0.2, 0.25) is 0 Å². The van der Waals surface area contributed by atoms with Gasteiger partial charge in [-0.25, -0.2) is 9.18 Å². The summed E-state index contributed by atoms with van der Waals surface area (Å²) in [5.41, 5.74) is 0.304. The first kappa shape index (κ1) is 24.3. The quantitative estimate of drug-likeness (QED) is 0.300. The second-order valence-corrected chi connectivity index (χ2v) is 6.91. The Labute approximate surface area is 171 Å². The van der Waals surface area contributed by atoms with Crippen molar-refractivity contribution < 1.29 is 23.5 Å². The first-order valence-corrected chi connectivity index (χ1v) is 9.88. The third-order valence-electron chi connectivity index (χ3n) is 4.53. The minimum Gasteiger partial charge on any atom is -0.467 e. The molecule has 29 heavy (non-hydrogen) atoms. The van der Waals surface area contributed by atoms with Crippen LogP contribution in [-0.4, -0.2) is 37.0 Å². The molecule has 2 amide bonds. The van der Waals surface area contributed by atoms with E-state index >= 15 is 0 Å². The number of hydrogen-bond donors (Lipinski definition) is 2. The molecule has 0 aromatic heterocycles. The number of methoxy groups -OCH3 is 1. The number of halogens is 1. The predicted octanol–water partition coefficient (Wildman–Crippen LogP) is 3.06. The van der Waals surface area contributed by atoms with Crippen LogP contribution < -0.4 is 10.6 Å². The molecule has 0 aliphatic rings. The number of allylic oxidation sites excluding steroid dienone is 1.